The van der Waals surface area contributed by atoms with Crippen LogP contribution in [-0.4, -0.2) is 11.4 Å². The van der Waals surface area contributed by atoms with E-state index in [-0.39, 0.29) is 0 Å². The third kappa shape index (κ3) is 3.49. The van der Waals surface area contributed by atoms with E-state index in [1.807, 2.05) is 32.2 Å². The fraction of sp³-hybridized carbons (Fsp3) is 0.278. The molecular weight excluding hydrogens is 290 g/mol. The Hall–Kier alpha value is -2.25. The van der Waals surface area contributed by atoms with Gasteiger partial charge in [-0.2, -0.15) is 10.3 Å². The molecule has 0 N–H and O–H groups in total. The van der Waals surface area contributed by atoms with Crippen molar-refractivity contribution < 1.29 is 0 Å². The number of rotatable bonds is 3. The molecule has 0 fully saturated rings. The highest BCUT2D eigenvalue weighted by molar-refractivity contribution is 7.16. The molecule has 22 heavy (non-hydrogen) atoms. The smallest absolute Gasteiger partial charge is 0.205 e. The molecule has 0 amide bonds. The minimum Gasteiger partial charge on any atom is -0.252 e. The predicted molar refractivity (Wildman–Crippen MR) is 94.7 cm³/mol. The standard InChI is InChI=1S/C18H19N3S/c1-11-8-12(2)18(13(3)9-11)21-15(5)17-7-6-16(22-17)14(4)20-10-19/h6-9H,1-5H3. The first-order valence-corrected chi connectivity index (χ1v) is 7.91. The third-order valence-corrected chi connectivity index (χ3v) is 4.75. The minimum absolute atomic E-state index is 0.745. The van der Waals surface area contributed by atoms with Crippen molar-refractivity contribution in [1.82, 2.24) is 0 Å². The Morgan fingerprint density at radius 2 is 1.55 bits per heavy atom. The number of aryl methyl sites for hydroxylation is 3. The number of hydrogen-bond acceptors (Lipinski definition) is 4. The van der Waals surface area contributed by atoms with E-state index in [2.05, 4.69) is 37.9 Å². The van der Waals surface area contributed by atoms with Gasteiger partial charge in [-0.3, -0.25) is 4.99 Å². The highest BCUT2D eigenvalue weighted by Crippen LogP contribution is 2.27. The average Bonchev–Trinajstić information content (AvgIpc) is 2.92. The topological polar surface area (TPSA) is 48.5 Å². The summed E-state index contributed by atoms with van der Waals surface area (Å²) in [5, 5.41) is 8.64. The molecule has 0 saturated heterocycles. The molecule has 1 aromatic heterocycles. The summed E-state index contributed by atoms with van der Waals surface area (Å²) in [4.78, 5) is 10.7. The zero-order chi connectivity index (χ0) is 16.3. The van der Waals surface area contributed by atoms with E-state index in [0.717, 1.165) is 26.9 Å². The van der Waals surface area contributed by atoms with E-state index in [9.17, 15) is 0 Å². The highest BCUT2D eigenvalue weighted by Gasteiger charge is 2.08. The quantitative estimate of drug-likeness (QED) is 0.574. The maximum atomic E-state index is 8.64. The number of thiophene rings is 1. The van der Waals surface area contributed by atoms with Crippen LogP contribution in [0.3, 0.4) is 0 Å². The number of nitrogens with zero attached hydrogens (tertiary/aromatic N) is 3. The molecular formula is C18H19N3S. The van der Waals surface area contributed by atoms with Crippen LogP contribution in [0.5, 0.6) is 0 Å². The Morgan fingerprint density at radius 3 is 2.09 bits per heavy atom. The zero-order valence-electron chi connectivity index (χ0n) is 13.6. The Labute approximate surface area is 135 Å². The van der Waals surface area contributed by atoms with Crippen LogP contribution in [0.25, 0.3) is 0 Å². The predicted octanol–water partition coefficient (Wildman–Crippen LogP) is 5.10. The minimum atomic E-state index is 0.745. The SMILES string of the molecule is CC(=NC#N)c1ccc(C(C)=Nc2c(C)cc(C)cc2C)s1. The van der Waals surface area contributed by atoms with Gasteiger partial charge in [-0.1, -0.05) is 17.7 Å². The van der Waals surface area contributed by atoms with Gasteiger partial charge in [-0.25, -0.2) is 0 Å². The molecule has 0 bridgehead atoms. The zero-order valence-corrected chi connectivity index (χ0v) is 14.4. The Bertz CT molecular complexity index is 781. The second kappa shape index (κ2) is 6.67. The lowest BCUT2D eigenvalue weighted by Gasteiger charge is -2.07. The normalized spacial score (nSPS) is 12.4. The van der Waals surface area contributed by atoms with Crippen molar-refractivity contribution in [1.29, 1.82) is 5.26 Å². The van der Waals surface area contributed by atoms with Crippen molar-refractivity contribution >= 4 is 28.4 Å². The van der Waals surface area contributed by atoms with Crippen LogP contribution in [-0.2, 0) is 0 Å². The summed E-state index contributed by atoms with van der Waals surface area (Å²) in [6, 6.07) is 8.34. The van der Waals surface area contributed by atoms with Gasteiger partial charge in [0, 0.05) is 9.75 Å². The lowest BCUT2D eigenvalue weighted by molar-refractivity contribution is 1.28. The van der Waals surface area contributed by atoms with Crippen molar-refractivity contribution in [2.45, 2.75) is 34.6 Å². The molecule has 4 heteroatoms. The van der Waals surface area contributed by atoms with Gasteiger partial charge < -0.3 is 0 Å². The number of hydrogen-bond donors (Lipinski definition) is 0. The maximum Gasteiger partial charge on any atom is 0.205 e. The summed E-state index contributed by atoms with van der Waals surface area (Å²) in [6.07, 6.45) is 1.83. The molecule has 3 nitrogen and oxygen atoms in total. The van der Waals surface area contributed by atoms with E-state index in [1.54, 1.807) is 11.3 Å². The van der Waals surface area contributed by atoms with Gasteiger partial charge >= 0.3 is 0 Å². The fourth-order valence-electron chi connectivity index (χ4n) is 2.43. The van der Waals surface area contributed by atoms with Crippen LogP contribution in [0.1, 0.15) is 40.3 Å². The third-order valence-electron chi connectivity index (χ3n) is 3.45. The average molecular weight is 309 g/mol. The van der Waals surface area contributed by atoms with E-state index < -0.39 is 0 Å². The van der Waals surface area contributed by atoms with Gasteiger partial charge in [-0.15, -0.1) is 11.3 Å². The van der Waals surface area contributed by atoms with E-state index in [0.29, 0.717) is 0 Å². The first kappa shape index (κ1) is 16.1. The lowest BCUT2D eigenvalue weighted by Crippen LogP contribution is -1.92. The summed E-state index contributed by atoms with van der Waals surface area (Å²) in [7, 11) is 0. The first-order chi connectivity index (χ1) is 10.4. The van der Waals surface area contributed by atoms with Crippen LogP contribution in [0.2, 0.25) is 0 Å². The van der Waals surface area contributed by atoms with Gasteiger partial charge in [0.25, 0.3) is 0 Å². The number of aliphatic imine (C=N–C) groups is 2. The molecule has 0 radical (unpaired) electrons. The molecule has 0 aliphatic carbocycles. The monoisotopic (exact) mass is 309 g/mol. The van der Waals surface area contributed by atoms with Gasteiger partial charge in [-0.05, 0) is 57.9 Å². The van der Waals surface area contributed by atoms with Crippen LogP contribution >= 0.6 is 11.3 Å². The second-order valence-corrected chi connectivity index (χ2v) is 6.49. The Balaban J connectivity index is 2.39. The molecule has 0 saturated carbocycles. The Morgan fingerprint density at radius 1 is 1.00 bits per heavy atom. The first-order valence-electron chi connectivity index (χ1n) is 7.09. The lowest BCUT2D eigenvalue weighted by atomic mass is 10.1. The molecule has 1 heterocycles. The van der Waals surface area contributed by atoms with Crippen LogP contribution in [0, 0.1) is 32.2 Å². The van der Waals surface area contributed by atoms with Crippen molar-refractivity contribution in [3.8, 4) is 6.19 Å². The molecule has 0 atom stereocenters. The molecule has 1 aromatic carbocycles. The summed E-state index contributed by atoms with van der Waals surface area (Å²) >= 11 is 1.61. The van der Waals surface area contributed by atoms with Crippen molar-refractivity contribution in [3.05, 3.63) is 50.7 Å². The summed E-state index contributed by atoms with van der Waals surface area (Å²) in [6.45, 7) is 10.2. The fourth-order valence-corrected chi connectivity index (χ4v) is 3.32. The maximum absolute atomic E-state index is 8.64. The van der Waals surface area contributed by atoms with Crippen LogP contribution in [0.15, 0.2) is 34.3 Å². The summed E-state index contributed by atoms with van der Waals surface area (Å²) < 4.78 is 0. The van der Waals surface area contributed by atoms with Crippen LogP contribution in [0.4, 0.5) is 5.69 Å². The molecule has 2 rings (SSSR count). The highest BCUT2D eigenvalue weighted by atomic mass is 32.1. The van der Waals surface area contributed by atoms with E-state index >= 15 is 0 Å². The molecule has 2 aromatic rings. The van der Waals surface area contributed by atoms with Gasteiger partial charge in [0.2, 0.25) is 6.19 Å². The van der Waals surface area contributed by atoms with Crippen molar-refractivity contribution in [2.75, 3.05) is 0 Å². The van der Waals surface area contributed by atoms with Crippen molar-refractivity contribution in [3.63, 3.8) is 0 Å². The van der Waals surface area contributed by atoms with Crippen molar-refractivity contribution in [2.24, 2.45) is 9.98 Å². The second-order valence-electron chi connectivity index (χ2n) is 5.41. The Kier molecular flexibility index (Phi) is 4.89. The summed E-state index contributed by atoms with van der Waals surface area (Å²) in [5.41, 5.74) is 6.41. The molecule has 112 valence electrons. The molecule has 0 aliphatic rings. The number of nitriles is 1. The largest absolute Gasteiger partial charge is 0.252 e. The molecule has 0 unspecified atom stereocenters. The number of benzene rings is 1. The molecule has 0 spiro atoms. The van der Waals surface area contributed by atoms with Gasteiger partial charge in [0.15, 0.2) is 0 Å². The van der Waals surface area contributed by atoms with E-state index in [4.69, 9.17) is 10.3 Å². The van der Waals surface area contributed by atoms with Crippen LogP contribution < -0.4 is 0 Å². The summed E-state index contributed by atoms with van der Waals surface area (Å²) in [5.74, 6) is 0. The van der Waals surface area contributed by atoms with Gasteiger partial charge in [0.05, 0.1) is 17.1 Å². The van der Waals surface area contributed by atoms with E-state index in [1.165, 1.54) is 16.7 Å². The van der Waals surface area contributed by atoms with Gasteiger partial charge in [0.1, 0.15) is 0 Å². The molecule has 0 aliphatic heterocycles.